The summed E-state index contributed by atoms with van der Waals surface area (Å²) in [6.07, 6.45) is 0.660. The number of aliphatic carboxylic acids is 1. The molecule has 0 fully saturated rings. The highest BCUT2D eigenvalue weighted by Crippen LogP contribution is 2.37. The van der Waals surface area contributed by atoms with Crippen molar-refractivity contribution in [3.8, 4) is 11.1 Å². The van der Waals surface area contributed by atoms with E-state index in [0.717, 1.165) is 27.7 Å². The molecule has 9 heteroatoms. The molecule has 2 aromatic carbocycles. The van der Waals surface area contributed by atoms with Crippen molar-refractivity contribution in [3.05, 3.63) is 69.8 Å². The van der Waals surface area contributed by atoms with Gasteiger partial charge in [-0.15, -0.1) is 0 Å². The zero-order chi connectivity index (χ0) is 28.3. The van der Waals surface area contributed by atoms with Crippen LogP contribution in [0.15, 0.2) is 56.1 Å². The van der Waals surface area contributed by atoms with Gasteiger partial charge in [0.05, 0.1) is 6.54 Å². The van der Waals surface area contributed by atoms with Crippen LogP contribution in [0.25, 0.3) is 33.1 Å². The molecule has 0 saturated carbocycles. The summed E-state index contributed by atoms with van der Waals surface area (Å²) in [5.41, 5.74) is 3.56. The van der Waals surface area contributed by atoms with E-state index in [4.69, 9.17) is 8.83 Å². The molecule has 0 unspecified atom stereocenters. The Hall–Kier alpha value is -4.40. The molecule has 0 aliphatic heterocycles. The Labute approximate surface area is 225 Å². The number of hydrogen-bond acceptors (Lipinski definition) is 6. The van der Waals surface area contributed by atoms with Crippen LogP contribution >= 0.6 is 0 Å². The van der Waals surface area contributed by atoms with Crippen LogP contribution in [0.5, 0.6) is 0 Å². The summed E-state index contributed by atoms with van der Waals surface area (Å²) in [4.78, 5) is 48.8. The molecular weight excluding hydrogens is 500 g/mol. The van der Waals surface area contributed by atoms with Crippen molar-refractivity contribution < 1.29 is 28.3 Å². The van der Waals surface area contributed by atoms with Crippen molar-refractivity contribution in [2.24, 2.45) is 5.92 Å². The molecule has 2 aromatic heterocycles. The number of rotatable bonds is 10. The number of nitrogens with one attached hydrogen (secondary N) is 2. The van der Waals surface area contributed by atoms with Crippen LogP contribution in [-0.4, -0.2) is 35.5 Å². The molecule has 2 amide bonds. The summed E-state index contributed by atoms with van der Waals surface area (Å²) in [6, 6.07) is 12.5. The van der Waals surface area contributed by atoms with Gasteiger partial charge < -0.3 is 24.6 Å². The predicted octanol–water partition coefficient (Wildman–Crippen LogP) is 4.49. The van der Waals surface area contributed by atoms with E-state index < -0.39 is 29.5 Å². The van der Waals surface area contributed by atoms with Crippen molar-refractivity contribution in [1.82, 2.24) is 10.6 Å². The molecule has 2 heterocycles. The zero-order valence-electron chi connectivity index (χ0n) is 22.4. The number of carbonyl (C=O) groups excluding carboxylic acids is 2. The minimum absolute atomic E-state index is 0.0412. The van der Waals surface area contributed by atoms with Crippen LogP contribution in [0.1, 0.15) is 43.6 Å². The van der Waals surface area contributed by atoms with Crippen LogP contribution in [-0.2, 0) is 20.8 Å². The van der Waals surface area contributed by atoms with Crippen molar-refractivity contribution in [3.63, 3.8) is 0 Å². The third kappa shape index (κ3) is 5.87. The topological polar surface area (TPSA) is 139 Å². The molecule has 9 nitrogen and oxygen atoms in total. The maximum absolute atomic E-state index is 12.8. The van der Waals surface area contributed by atoms with Crippen LogP contribution < -0.4 is 16.3 Å². The molecule has 2 atom stereocenters. The van der Waals surface area contributed by atoms with E-state index in [0.29, 0.717) is 28.7 Å². The second-order valence-corrected chi connectivity index (χ2v) is 9.78. The van der Waals surface area contributed by atoms with Gasteiger partial charge in [0, 0.05) is 34.4 Å². The van der Waals surface area contributed by atoms with Crippen molar-refractivity contribution >= 4 is 39.7 Å². The van der Waals surface area contributed by atoms with Crippen LogP contribution in [0.4, 0.5) is 0 Å². The molecular formula is C30H32N2O7. The number of aryl methyl sites for hydroxylation is 2. The molecule has 4 rings (SSSR count). The van der Waals surface area contributed by atoms with E-state index in [2.05, 4.69) is 10.6 Å². The van der Waals surface area contributed by atoms with Crippen LogP contribution in [0.3, 0.4) is 0 Å². The Morgan fingerprint density at radius 3 is 2.33 bits per heavy atom. The molecule has 0 aliphatic rings. The molecule has 4 aromatic rings. The lowest BCUT2D eigenvalue weighted by Gasteiger charge is -2.20. The number of amides is 2. The van der Waals surface area contributed by atoms with Gasteiger partial charge >= 0.3 is 11.6 Å². The van der Waals surface area contributed by atoms with Crippen molar-refractivity contribution in [2.45, 2.75) is 53.0 Å². The van der Waals surface area contributed by atoms with Gasteiger partial charge in [-0.3, -0.25) is 9.59 Å². The summed E-state index contributed by atoms with van der Waals surface area (Å²) >= 11 is 0. The SMILES string of the molecule is CC[C@H](C)[C@@H](NC(=O)CNC(=O)CCc1c(C)c2cc3c(-c4ccccc4)c(C)oc3cc2oc1=O)C(=O)O. The monoisotopic (exact) mass is 532 g/mol. The summed E-state index contributed by atoms with van der Waals surface area (Å²) in [5, 5.41) is 15.9. The third-order valence-corrected chi connectivity index (χ3v) is 7.18. The minimum atomic E-state index is -1.12. The number of furan rings is 1. The number of fused-ring (bicyclic) bond motifs is 2. The fourth-order valence-electron chi connectivity index (χ4n) is 4.77. The quantitative estimate of drug-likeness (QED) is 0.256. The lowest BCUT2D eigenvalue weighted by molar-refractivity contribution is -0.143. The normalized spacial score (nSPS) is 12.8. The fraction of sp³-hybridized carbons (Fsp3) is 0.333. The van der Waals surface area contributed by atoms with E-state index in [1.165, 1.54) is 0 Å². The highest BCUT2D eigenvalue weighted by atomic mass is 16.4. The fourth-order valence-corrected chi connectivity index (χ4v) is 4.77. The molecule has 0 radical (unpaired) electrons. The Kier molecular flexibility index (Phi) is 8.18. The molecule has 39 heavy (non-hydrogen) atoms. The predicted molar refractivity (Wildman–Crippen MR) is 148 cm³/mol. The van der Waals surface area contributed by atoms with Crippen molar-refractivity contribution in [1.29, 1.82) is 0 Å². The second kappa shape index (κ2) is 11.6. The molecule has 0 aliphatic carbocycles. The Balaban J connectivity index is 1.50. The smallest absolute Gasteiger partial charge is 0.339 e. The number of carboxylic acids is 1. The van der Waals surface area contributed by atoms with Gasteiger partial charge in [-0.2, -0.15) is 0 Å². The van der Waals surface area contributed by atoms with E-state index in [1.807, 2.05) is 57.2 Å². The second-order valence-electron chi connectivity index (χ2n) is 9.78. The zero-order valence-corrected chi connectivity index (χ0v) is 22.4. The van der Waals surface area contributed by atoms with Crippen LogP contribution in [0.2, 0.25) is 0 Å². The van der Waals surface area contributed by atoms with Gasteiger partial charge in [0.15, 0.2) is 0 Å². The number of carbonyl (C=O) groups is 3. The van der Waals surface area contributed by atoms with Gasteiger partial charge in [0.1, 0.15) is 23.0 Å². The van der Waals surface area contributed by atoms with E-state index in [1.54, 1.807) is 13.0 Å². The molecule has 0 bridgehead atoms. The molecule has 0 spiro atoms. The van der Waals surface area contributed by atoms with E-state index >= 15 is 0 Å². The van der Waals surface area contributed by atoms with Crippen LogP contribution in [0, 0.1) is 19.8 Å². The minimum Gasteiger partial charge on any atom is -0.480 e. The Morgan fingerprint density at radius 2 is 1.67 bits per heavy atom. The van der Waals surface area contributed by atoms with Gasteiger partial charge in [0.25, 0.3) is 0 Å². The molecule has 0 saturated heterocycles. The first-order valence-electron chi connectivity index (χ1n) is 12.9. The maximum atomic E-state index is 12.8. The van der Waals surface area contributed by atoms with Crippen molar-refractivity contribution in [2.75, 3.05) is 6.54 Å². The summed E-state index contributed by atoms with van der Waals surface area (Å²) in [7, 11) is 0. The van der Waals surface area contributed by atoms with E-state index in [9.17, 15) is 24.3 Å². The number of benzene rings is 2. The highest BCUT2D eigenvalue weighted by Gasteiger charge is 2.25. The maximum Gasteiger partial charge on any atom is 0.339 e. The summed E-state index contributed by atoms with van der Waals surface area (Å²) < 4.78 is 11.6. The standard InChI is InChI=1S/C30H32N2O7/c1-5-16(2)28(29(35)36)32-26(34)15-31-25(33)12-11-20-17(3)21-13-22-24(14-23(21)39-30(20)37)38-18(4)27(22)19-9-7-6-8-10-19/h6-10,13-14,16,28H,5,11-12,15H2,1-4H3,(H,31,33)(H,32,34)(H,35,36)/t16-,28+/m0/s1. The highest BCUT2D eigenvalue weighted by molar-refractivity contribution is 6.03. The average molecular weight is 533 g/mol. The van der Waals surface area contributed by atoms with Gasteiger partial charge in [-0.05, 0) is 43.4 Å². The number of hydrogen-bond donors (Lipinski definition) is 3. The lowest BCUT2D eigenvalue weighted by atomic mass is 9.98. The van der Waals surface area contributed by atoms with E-state index in [-0.39, 0.29) is 25.3 Å². The summed E-state index contributed by atoms with van der Waals surface area (Å²) in [6.45, 7) is 6.93. The Morgan fingerprint density at radius 1 is 0.974 bits per heavy atom. The van der Waals surface area contributed by atoms with Gasteiger partial charge in [-0.1, -0.05) is 50.6 Å². The molecule has 3 N–H and O–H groups in total. The number of carboxylic acid groups (broad SMARTS) is 1. The van der Waals surface area contributed by atoms with Gasteiger partial charge in [-0.25, -0.2) is 9.59 Å². The lowest BCUT2D eigenvalue weighted by Crippen LogP contribution is -2.48. The first-order valence-corrected chi connectivity index (χ1v) is 12.9. The third-order valence-electron chi connectivity index (χ3n) is 7.18. The first kappa shape index (κ1) is 27.6. The average Bonchev–Trinajstić information content (AvgIpc) is 3.23. The molecule has 204 valence electrons. The first-order chi connectivity index (χ1) is 18.6. The Bertz CT molecular complexity index is 1600. The van der Waals surface area contributed by atoms with Gasteiger partial charge in [0.2, 0.25) is 11.8 Å². The largest absolute Gasteiger partial charge is 0.480 e. The summed E-state index contributed by atoms with van der Waals surface area (Å²) in [5.74, 6) is -1.65.